The summed E-state index contributed by atoms with van der Waals surface area (Å²) in [7, 11) is 2.95. The lowest BCUT2D eigenvalue weighted by atomic mass is 10.0. The van der Waals surface area contributed by atoms with Crippen molar-refractivity contribution in [3.8, 4) is 0 Å². The molecule has 132 valence electrons. The van der Waals surface area contributed by atoms with Gasteiger partial charge in [-0.05, 0) is 0 Å². The molecule has 2 rings (SSSR count). The smallest absolute Gasteiger partial charge is 0.329 e. The monoisotopic (exact) mass is 340 g/mol. The molecule has 0 aliphatic rings. The second kappa shape index (κ2) is 14.6. The van der Waals surface area contributed by atoms with Gasteiger partial charge in [0.05, 0.1) is 13.7 Å². The minimum atomic E-state index is -0.394. The first-order valence-corrected chi connectivity index (χ1v) is 7.55. The first-order valence-electron chi connectivity index (χ1n) is 7.55. The Morgan fingerprint density at radius 3 is 1.52 bits per heavy atom. The molecule has 0 atom stereocenters. The summed E-state index contributed by atoms with van der Waals surface area (Å²) in [6, 6.07) is 18.6. The van der Waals surface area contributed by atoms with E-state index in [1.165, 1.54) is 7.11 Å². The van der Waals surface area contributed by atoms with Gasteiger partial charge in [0.2, 0.25) is 0 Å². The molecule has 0 aromatic heterocycles. The van der Waals surface area contributed by atoms with Crippen LogP contribution in [0.15, 0.2) is 86.0 Å². The van der Waals surface area contributed by atoms with Gasteiger partial charge < -0.3 is 9.47 Å². The second-order valence-electron chi connectivity index (χ2n) is 4.53. The van der Waals surface area contributed by atoms with Crippen LogP contribution < -0.4 is 0 Å². The van der Waals surface area contributed by atoms with Crippen LogP contribution in [-0.2, 0) is 14.3 Å². The highest BCUT2D eigenvalue weighted by molar-refractivity contribution is 6.08. The summed E-state index contributed by atoms with van der Waals surface area (Å²) in [6.45, 7) is 7.24. The van der Waals surface area contributed by atoms with E-state index in [2.05, 4.69) is 22.6 Å². The van der Waals surface area contributed by atoms with Crippen LogP contribution in [0.1, 0.15) is 15.9 Å². The van der Waals surface area contributed by atoms with E-state index in [1.807, 2.05) is 60.7 Å². The van der Waals surface area contributed by atoms with Crippen LogP contribution in [0, 0.1) is 0 Å². The maximum Gasteiger partial charge on any atom is 0.329 e. The van der Waals surface area contributed by atoms with Gasteiger partial charge in [-0.15, -0.1) is 6.58 Å². The Morgan fingerprint density at radius 2 is 1.32 bits per heavy atom. The number of ketones is 1. The zero-order valence-electron chi connectivity index (χ0n) is 14.7. The number of hydrogen-bond acceptors (Lipinski definition) is 4. The van der Waals surface area contributed by atoms with Crippen LogP contribution in [0.3, 0.4) is 0 Å². The van der Waals surface area contributed by atoms with Crippen molar-refractivity contribution in [2.24, 2.45) is 0 Å². The number of esters is 1. The molecular formula is C21H24O4. The van der Waals surface area contributed by atoms with E-state index in [9.17, 15) is 9.59 Å². The van der Waals surface area contributed by atoms with Crippen molar-refractivity contribution in [1.82, 2.24) is 0 Å². The predicted molar refractivity (Wildman–Crippen MR) is 101 cm³/mol. The van der Waals surface area contributed by atoms with Gasteiger partial charge in [0, 0.05) is 24.3 Å². The van der Waals surface area contributed by atoms with Gasteiger partial charge in [-0.2, -0.15) is 0 Å². The molecule has 0 N–H and O–H groups in total. The predicted octanol–water partition coefficient (Wildman–Crippen LogP) is 4.08. The Kier molecular flexibility index (Phi) is 12.9. The summed E-state index contributed by atoms with van der Waals surface area (Å²) < 4.78 is 8.72. The van der Waals surface area contributed by atoms with E-state index < -0.39 is 5.97 Å². The van der Waals surface area contributed by atoms with Crippen LogP contribution in [0.2, 0.25) is 0 Å². The molecule has 0 bridgehead atoms. The molecule has 0 spiro atoms. The van der Waals surface area contributed by atoms with Gasteiger partial charge in [0.15, 0.2) is 5.78 Å². The molecule has 0 saturated heterocycles. The average molecular weight is 340 g/mol. The number of carbonyl (C=O) groups excluding carboxylic acids is 2. The molecule has 0 amide bonds. The van der Waals surface area contributed by atoms with Gasteiger partial charge in [-0.3, -0.25) is 4.79 Å². The van der Waals surface area contributed by atoms with Crippen molar-refractivity contribution >= 4 is 11.8 Å². The van der Waals surface area contributed by atoms with Gasteiger partial charge in [0.25, 0.3) is 0 Å². The van der Waals surface area contributed by atoms with Crippen LogP contribution in [0.4, 0.5) is 0 Å². The molecule has 0 radical (unpaired) electrons. The van der Waals surface area contributed by atoms with Crippen LogP contribution in [-0.4, -0.2) is 32.6 Å². The van der Waals surface area contributed by atoms with Crippen molar-refractivity contribution < 1.29 is 19.1 Å². The lowest BCUT2D eigenvalue weighted by molar-refractivity contribution is -0.134. The van der Waals surface area contributed by atoms with E-state index in [0.29, 0.717) is 6.61 Å². The quantitative estimate of drug-likeness (QED) is 0.356. The minimum absolute atomic E-state index is 0.0752. The zero-order valence-corrected chi connectivity index (χ0v) is 14.7. The summed E-state index contributed by atoms with van der Waals surface area (Å²) in [4.78, 5) is 21.7. The van der Waals surface area contributed by atoms with Gasteiger partial charge in [-0.1, -0.05) is 73.3 Å². The third-order valence-electron chi connectivity index (χ3n) is 2.72. The number of ether oxygens (including phenoxy) is 2. The number of benzene rings is 2. The number of methoxy groups -OCH3 is 2. The second-order valence-corrected chi connectivity index (χ2v) is 4.53. The number of rotatable bonds is 5. The maximum absolute atomic E-state index is 11.8. The van der Waals surface area contributed by atoms with Gasteiger partial charge in [-0.25, -0.2) is 4.79 Å². The van der Waals surface area contributed by atoms with Gasteiger partial charge in [0.1, 0.15) is 0 Å². The van der Waals surface area contributed by atoms with Crippen LogP contribution in [0.25, 0.3) is 0 Å². The van der Waals surface area contributed by atoms with Crippen molar-refractivity contribution in [2.45, 2.75) is 0 Å². The number of carbonyl (C=O) groups is 2. The third kappa shape index (κ3) is 10.4. The van der Waals surface area contributed by atoms with E-state index >= 15 is 0 Å². The molecule has 4 heteroatoms. The molecule has 4 nitrogen and oxygen atoms in total. The largest absolute Gasteiger partial charge is 0.466 e. The van der Waals surface area contributed by atoms with Crippen molar-refractivity contribution in [2.75, 3.05) is 20.8 Å². The molecule has 0 aliphatic heterocycles. The molecule has 2 aromatic rings. The summed E-state index contributed by atoms with van der Waals surface area (Å²) in [5.41, 5.74) is 1.47. The zero-order chi connectivity index (χ0) is 18.9. The first kappa shape index (κ1) is 22.0. The summed E-state index contributed by atoms with van der Waals surface area (Å²) >= 11 is 0. The molecular weight excluding hydrogens is 316 g/mol. The summed E-state index contributed by atoms with van der Waals surface area (Å²) in [5, 5.41) is 0. The Hall–Kier alpha value is -2.98. The van der Waals surface area contributed by atoms with E-state index in [1.54, 1.807) is 13.2 Å². The molecule has 0 fully saturated rings. The van der Waals surface area contributed by atoms with E-state index in [4.69, 9.17) is 0 Å². The Morgan fingerprint density at radius 1 is 0.880 bits per heavy atom. The van der Waals surface area contributed by atoms with E-state index in [-0.39, 0.29) is 5.78 Å². The SMILES string of the molecule is C=CC(=O)OC.C=CCOC.O=C(c1ccccc1)c1ccccc1. The highest BCUT2D eigenvalue weighted by atomic mass is 16.5. The molecule has 2 aromatic carbocycles. The fraction of sp³-hybridized carbons (Fsp3) is 0.143. The Bertz CT molecular complexity index is 592. The summed E-state index contributed by atoms with van der Waals surface area (Å²) in [5.74, 6) is -0.318. The van der Waals surface area contributed by atoms with Gasteiger partial charge >= 0.3 is 5.97 Å². The van der Waals surface area contributed by atoms with Crippen molar-refractivity contribution in [3.63, 3.8) is 0 Å². The highest BCUT2D eigenvalue weighted by Crippen LogP contribution is 2.08. The Labute approximate surface area is 149 Å². The number of hydrogen-bond donors (Lipinski definition) is 0. The standard InChI is InChI=1S/C13H10O.C4H6O2.C4H8O/c14-13(11-7-3-1-4-8-11)12-9-5-2-6-10-12;1-3-4(5)6-2;1-3-4-5-2/h1-10H;3H,1H2,2H3;3H,1,4H2,2H3. The van der Waals surface area contributed by atoms with Crippen LogP contribution in [0.5, 0.6) is 0 Å². The molecule has 0 saturated carbocycles. The third-order valence-corrected chi connectivity index (χ3v) is 2.72. The molecule has 0 unspecified atom stereocenters. The lowest BCUT2D eigenvalue weighted by Gasteiger charge is -1.99. The fourth-order valence-electron chi connectivity index (χ4n) is 1.55. The Balaban J connectivity index is 0.000000438. The lowest BCUT2D eigenvalue weighted by Crippen LogP contribution is -1.99. The van der Waals surface area contributed by atoms with Crippen molar-refractivity contribution in [1.29, 1.82) is 0 Å². The fourth-order valence-corrected chi connectivity index (χ4v) is 1.55. The molecule has 0 aliphatic carbocycles. The topological polar surface area (TPSA) is 52.6 Å². The van der Waals surface area contributed by atoms with E-state index in [0.717, 1.165) is 17.2 Å². The molecule has 25 heavy (non-hydrogen) atoms. The highest BCUT2D eigenvalue weighted by Gasteiger charge is 2.06. The van der Waals surface area contributed by atoms with Crippen molar-refractivity contribution in [3.05, 3.63) is 97.1 Å². The maximum atomic E-state index is 11.8. The minimum Gasteiger partial charge on any atom is -0.466 e. The molecule has 0 heterocycles. The normalized spacial score (nSPS) is 8.56. The van der Waals surface area contributed by atoms with Crippen LogP contribution >= 0.6 is 0 Å². The average Bonchev–Trinajstić information content (AvgIpc) is 2.69. The first-order chi connectivity index (χ1) is 12.1. The summed E-state index contributed by atoms with van der Waals surface area (Å²) in [6.07, 6.45) is 2.82.